The Morgan fingerprint density at radius 2 is 1.68 bits per heavy atom. The van der Waals surface area contributed by atoms with Crippen molar-refractivity contribution >= 4 is 11.9 Å². The minimum atomic E-state index is -1.77. The predicted octanol–water partition coefficient (Wildman–Crippen LogP) is 1.14. The highest BCUT2D eigenvalue weighted by atomic mass is 19.1. The molecule has 1 N–H and O–H groups in total. The van der Waals surface area contributed by atoms with E-state index in [1.807, 2.05) is 6.92 Å². The number of hydrogen-bond donors (Lipinski definition) is 1. The lowest BCUT2D eigenvalue weighted by Gasteiger charge is -2.37. The maximum absolute atomic E-state index is 14.7. The first-order valence-corrected chi connectivity index (χ1v) is 7.08. The minimum absolute atomic E-state index is 0.111. The lowest BCUT2D eigenvalue weighted by atomic mass is 9.92. The fraction of sp³-hybridized carbons (Fsp3) is 0.846. The molecule has 2 aliphatic rings. The van der Waals surface area contributed by atoms with Gasteiger partial charge in [-0.25, -0.2) is 9.18 Å². The van der Waals surface area contributed by atoms with Crippen LogP contribution in [0.25, 0.3) is 0 Å². The van der Waals surface area contributed by atoms with E-state index in [0.717, 1.165) is 12.8 Å². The maximum atomic E-state index is 14.7. The number of urea groups is 1. The van der Waals surface area contributed by atoms with Gasteiger partial charge in [0.15, 0.2) is 5.67 Å². The number of nitrogens with zero attached hydrogens (tertiary/aromatic N) is 2. The molecule has 2 heterocycles. The summed E-state index contributed by atoms with van der Waals surface area (Å²) in [6, 6.07) is -0.168. The molecule has 0 aromatic rings. The first-order chi connectivity index (χ1) is 9.07. The van der Waals surface area contributed by atoms with Crippen LogP contribution in [0.4, 0.5) is 9.18 Å². The highest BCUT2D eigenvalue weighted by Crippen LogP contribution is 2.30. The molecule has 0 aliphatic carbocycles. The van der Waals surface area contributed by atoms with Crippen molar-refractivity contribution in [3.8, 4) is 0 Å². The molecule has 0 unspecified atom stereocenters. The van der Waals surface area contributed by atoms with Crippen LogP contribution < -0.4 is 5.32 Å². The molecule has 2 saturated heterocycles. The molecule has 0 spiro atoms. The summed E-state index contributed by atoms with van der Waals surface area (Å²) in [7, 11) is 0. The number of piperidine rings is 1. The Labute approximate surface area is 113 Å². The highest BCUT2D eigenvalue weighted by molar-refractivity contribution is 5.86. The van der Waals surface area contributed by atoms with Gasteiger partial charge >= 0.3 is 6.03 Å². The third-order valence-corrected chi connectivity index (χ3v) is 3.95. The Morgan fingerprint density at radius 1 is 1.11 bits per heavy atom. The van der Waals surface area contributed by atoms with Crippen LogP contribution in [0.1, 0.15) is 32.6 Å². The van der Waals surface area contributed by atoms with Crippen molar-refractivity contribution in [3.63, 3.8) is 0 Å². The summed E-state index contributed by atoms with van der Waals surface area (Å²) >= 11 is 0. The summed E-state index contributed by atoms with van der Waals surface area (Å²) in [5.41, 5.74) is -1.77. The summed E-state index contributed by atoms with van der Waals surface area (Å²) in [5, 5.41) is 2.70. The van der Waals surface area contributed by atoms with Gasteiger partial charge in [0.25, 0.3) is 5.91 Å². The number of nitrogens with one attached hydrogen (secondary N) is 1. The number of carbonyl (C=O) groups is 2. The average Bonchev–Trinajstić information content (AvgIpc) is 2.92. The first kappa shape index (κ1) is 14.1. The fourth-order valence-electron chi connectivity index (χ4n) is 2.74. The molecule has 2 aliphatic heterocycles. The predicted molar refractivity (Wildman–Crippen MR) is 69.5 cm³/mol. The third-order valence-electron chi connectivity index (χ3n) is 3.95. The highest BCUT2D eigenvalue weighted by Gasteiger charge is 2.45. The zero-order valence-electron chi connectivity index (χ0n) is 11.5. The van der Waals surface area contributed by atoms with E-state index in [-0.39, 0.29) is 24.8 Å². The summed E-state index contributed by atoms with van der Waals surface area (Å²) in [5.74, 6) is -0.374. The SMILES string of the molecule is CCNC(=O)N1CCC(F)(C(=O)N2CCCC2)CC1. The lowest BCUT2D eigenvalue weighted by Crippen LogP contribution is -2.54. The molecule has 6 heteroatoms. The van der Waals surface area contributed by atoms with E-state index in [9.17, 15) is 14.0 Å². The number of halogens is 1. The Bertz CT molecular complexity index is 348. The first-order valence-electron chi connectivity index (χ1n) is 7.08. The summed E-state index contributed by atoms with van der Waals surface area (Å²) in [6.07, 6.45) is 2.15. The molecule has 0 aromatic carbocycles. The molecule has 0 bridgehead atoms. The van der Waals surface area contributed by atoms with Crippen LogP contribution >= 0.6 is 0 Å². The van der Waals surface area contributed by atoms with Crippen LogP contribution in [0.3, 0.4) is 0 Å². The Kier molecular flexibility index (Phi) is 4.27. The van der Waals surface area contributed by atoms with E-state index in [0.29, 0.717) is 32.7 Å². The van der Waals surface area contributed by atoms with E-state index in [1.165, 1.54) is 0 Å². The van der Waals surface area contributed by atoms with E-state index in [2.05, 4.69) is 5.32 Å². The summed E-state index contributed by atoms with van der Waals surface area (Å²) in [4.78, 5) is 27.0. The second-order valence-electron chi connectivity index (χ2n) is 5.29. The van der Waals surface area contributed by atoms with Crippen molar-refractivity contribution in [1.82, 2.24) is 15.1 Å². The molecule has 0 atom stereocenters. The largest absolute Gasteiger partial charge is 0.340 e. The molecule has 19 heavy (non-hydrogen) atoms. The molecule has 0 aromatic heterocycles. The summed E-state index contributed by atoms with van der Waals surface area (Å²) < 4.78 is 14.7. The van der Waals surface area contributed by atoms with Gasteiger partial charge in [-0.05, 0) is 19.8 Å². The van der Waals surface area contributed by atoms with Crippen molar-refractivity contribution in [2.24, 2.45) is 0 Å². The zero-order chi connectivity index (χ0) is 13.9. The number of likely N-dealkylation sites (tertiary alicyclic amines) is 2. The second-order valence-corrected chi connectivity index (χ2v) is 5.29. The molecule has 5 nitrogen and oxygen atoms in total. The van der Waals surface area contributed by atoms with Crippen LogP contribution in [-0.4, -0.2) is 60.1 Å². The third kappa shape index (κ3) is 2.98. The van der Waals surface area contributed by atoms with Gasteiger partial charge in [-0.2, -0.15) is 0 Å². The Hall–Kier alpha value is -1.33. The average molecular weight is 271 g/mol. The van der Waals surface area contributed by atoms with E-state index in [1.54, 1.807) is 9.80 Å². The van der Waals surface area contributed by atoms with Gasteiger partial charge in [0.2, 0.25) is 0 Å². The molecule has 0 radical (unpaired) electrons. The van der Waals surface area contributed by atoms with Gasteiger partial charge in [-0.3, -0.25) is 4.79 Å². The molecular formula is C13H22FN3O2. The topological polar surface area (TPSA) is 52.7 Å². The molecule has 2 fully saturated rings. The van der Waals surface area contributed by atoms with Gasteiger partial charge in [-0.1, -0.05) is 0 Å². The van der Waals surface area contributed by atoms with E-state index >= 15 is 0 Å². The lowest BCUT2D eigenvalue weighted by molar-refractivity contribution is -0.145. The molecule has 2 rings (SSSR count). The van der Waals surface area contributed by atoms with Crippen molar-refractivity contribution in [2.45, 2.75) is 38.3 Å². The van der Waals surface area contributed by atoms with E-state index < -0.39 is 5.67 Å². The van der Waals surface area contributed by atoms with Gasteiger partial charge in [0.1, 0.15) is 0 Å². The van der Waals surface area contributed by atoms with E-state index in [4.69, 9.17) is 0 Å². The molecule has 0 saturated carbocycles. The van der Waals surface area contributed by atoms with Crippen molar-refractivity contribution in [3.05, 3.63) is 0 Å². The van der Waals surface area contributed by atoms with Gasteiger partial charge in [0, 0.05) is 45.6 Å². The number of carbonyl (C=O) groups excluding carboxylic acids is 2. The minimum Gasteiger partial charge on any atom is -0.340 e. The van der Waals surface area contributed by atoms with Gasteiger partial charge in [0.05, 0.1) is 0 Å². The number of alkyl halides is 1. The standard InChI is InChI=1S/C13H22FN3O2/c1-2-15-12(19)17-9-5-13(14,6-10-17)11(18)16-7-3-4-8-16/h2-10H2,1H3,(H,15,19). The van der Waals surface area contributed by atoms with Gasteiger partial charge in [-0.15, -0.1) is 0 Å². The van der Waals surface area contributed by atoms with Gasteiger partial charge < -0.3 is 15.1 Å². The van der Waals surface area contributed by atoms with Crippen LogP contribution in [0.2, 0.25) is 0 Å². The van der Waals surface area contributed by atoms with Crippen LogP contribution in [0.15, 0.2) is 0 Å². The van der Waals surface area contributed by atoms with Crippen molar-refractivity contribution in [1.29, 1.82) is 0 Å². The smallest absolute Gasteiger partial charge is 0.317 e. The normalized spacial score (nSPS) is 22.4. The van der Waals surface area contributed by atoms with Crippen LogP contribution in [0, 0.1) is 0 Å². The summed E-state index contributed by atoms with van der Waals surface area (Å²) in [6.45, 7) is 4.36. The zero-order valence-corrected chi connectivity index (χ0v) is 11.5. The Morgan fingerprint density at radius 3 is 2.21 bits per heavy atom. The Balaban J connectivity index is 1.90. The maximum Gasteiger partial charge on any atom is 0.317 e. The quantitative estimate of drug-likeness (QED) is 0.819. The number of rotatable bonds is 2. The molecule has 3 amide bonds. The fourth-order valence-corrected chi connectivity index (χ4v) is 2.74. The van der Waals surface area contributed by atoms with Crippen molar-refractivity contribution in [2.75, 3.05) is 32.7 Å². The monoisotopic (exact) mass is 271 g/mol. The molecular weight excluding hydrogens is 249 g/mol. The number of amides is 3. The second kappa shape index (κ2) is 5.75. The van der Waals surface area contributed by atoms with Crippen LogP contribution in [-0.2, 0) is 4.79 Å². The van der Waals surface area contributed by atoms with Crippen molar-refractivity contribution < 1.29 is 14.0 Å². The molecule has 108 valence electrons. The van der Waals surface area contributed by atoms with Crippen LogP contribution in [0.5, 0.6) is 0 Å². The number of hydrogen-bond acceptors (Lipinski definition) is 2.